The van der Waals surface area contributed by atoms with Crippen LogP contribution < -0.4 is 5.32 Å². The minimum Gasteiger partial charge on any atom is -0.313 e. The molecule has 1 atom stereocenters. The Balaban J connectivity index is 2.19. The van der Waals surface area contributed by atoms with Gasteiger partial charge in [-0.2, -0.15) is 0 Å². The number of hydrogen-bond acceptors (Lipinski definition) is 1. The second-order valence-corrected chi connectivity index (χ2v) is 6.83. The van der Waals surface area contributed by atoms with E-state index in [2.05, 4.69) is 83.6 Å². The normalized spacial score (nSPS) is 12.6. The fourth-order valence-corrected chi connectivity index (χ4v) is 3.13. The Kier molecular flexibility index (Phi) is 6.01. The molecule has 2 heteroatoms. The smallest absolute Gasteiger partial charge is 0.0358 e. The summed E-state index contributed by atoms with van der Waals surface area (Å²) in [6.07, 6.45) is 2.13. The van der Waals surface area contributed by atoms with Crippen LogP contribution in [0.4, 0.5) is 0 Å². The zero-order chi connectivity index (χ0) is 15.2. The van der Waals surface area contributed by atoms with Gasteiger partial charge in [0.15, 0.2) is 0 Å². The van der Waals surface area contributed by atoms with E-state index in [0.717, 1.165) is 12.8 Å². The van der Waals surface area contributed by atoms with Crippen LogP contribution in [0.2, 0.25) is 0 Å². The lowest BCUT2D eigenvalue weighted by Crippen LogP contribution is -2.19. The van der Waals surface area contributed by atoms with Crippen LogP contribution in [-0.4, -0.2) is 7.05 Å². The van der Waals surface area contributed by atoms with E-state index in [1.165, 1.54) is 21.2 Å². The van der Waals surface area contributed by atoms with Crippen molar-refractivity contribution in [1.29, 1.82) is 0 Å². The van der Waals surface area contributed by atoms with E-state index in [1.54, 1.807) is 0 Å². The monoisotopic (exact) mass is 345 g/mol. The largest absolute Gasteiger partial charge is 0.313 e. The average molecular weight is 346 g/mol. The van der Waals surface area contributed by atoms with Gasteiger partial charge in [0.1, 0.15) is 0 Å². The van der Waals surface area contributed by atoms with Gasteiger partial charge >= 0.3 is 0 Å². The lowest BCUT2D eigenvalue weighted by molar-refractivity contribution is 0.588. The molecule has 0 radical (unpaired) electrons. The first kappa shape index (κ1) is 16.3. The summed E-state index contributed by atoms with van der Waals surface area (Å²) in [5.74, 6) is 0.691. The standard InChI is InChI=1S/C19H24BrN/c1-14(2)11-15-7-6-9-17(12-15)19(21-3)13-16-8-4-5-10-18(16)20/h4-10,12,14,19,21H,11,13H2,1-3H3. The first-order valence-electron chi connectivity index (χ1n) is 7.59. The van der Waals surface area contributed by atoms with Gasteiger partial charge in [0.25, 0.3) is 0 Å². The number of benzene rings is 2. The molecule has 0 aliphatic rings. The molecule has 0 fully saturated rings. The summed E-state index contributed by atoms with van der Waals surface area (Å²) in [6, 6.07) is 17.8. The molecule has 112 valence electrons. The number of hydrogen-bond donors (Lipinski definition) is 1. The minimum absolute atomic E-state index is 0.343. The Bertz CT molecular complexity index is 577. The van der Waals surface area contributed by atoms with Crippen molar-refractivity contribution < 1.29 is 0 Å². The van der Waals surface area contributed by atoms with Crippen molar-refractivity contribution >= 4 is 15.9 Å². The predicted octanol–water partition coefficient (Wildman–Crippen LogP) is 5.15. The summed E-state index contributed by atoms with van der Waals surface area (Å²) in [4.78, 5) is 0. The Morgan fingerprint density at radius 1 is 1.00 bits per heavy atom. The summed E-state index contributed by atoms with van der Waals surface area (Å²) in [5.41, 5.74) is 4.13. The van der Waals surface area contributed by atoms with Gasteiger partial charge in [-0.1, -0.05) is 72.2 Å². The first-order valence-corrected chi connectivity index (χ1v) is 8.39. The fourth-order valence-electron chi connectivity index (χ4n) is 2.68. The predicted molar refractivity (Wildman–Crippen MR) is 94.6 cm³/mol. The SMILES string of the molecule is CNC(Cc1ccccc1Br)c1cccc(CC(C)C)c1. The van der Waals surface area contributed by atoms with Gasteiger partial charge in [-0.15, -0.1) is 0 Å². The Morgan fingerprint density at radius 2 is 1.76 bits per heavy atom. The third kappa shape index (κ3) is 4.69. The molecule has 2 aromatic carbocycles. The van der Waals surface area contributed by atoms with Crippen LogP contribution in [0.15, 0.2) is 53.0 Å². The van der Waals surface area contributed by atoms with Crippen molar-refractivity contribution in [2.75, 3.05) is 7.05 Å². The molecule has 0 bridgehead atoms. The molecule has 0 spiro atoms. The molecule has 1 unspecified atom stereocenters. The zero-order valence-corrected chi connectivity index (χ0v) is 14.7. The molecule has 1 nitrogen and oxygen atoms in total. The second kappa shape index (κ2) is 7.77. The molecule has 0 saturated heterocycles. The Hall–Kier alpha value is -1.12. The minimum atomic E-state index is 0.343. The van der Waals surface area contributed by atoms with Crippen molar-refractivity contribution in [1.82, 2.24) is 5.32 Å². The quantitative estimate of drug-likeness (QED) is 0.763. The Labute approximate surface area is 136 Å². The lowest BCUT2D eigenvalue weighted by Gasteiger charge is -2.19. The fraction of sp³-hybridized carbons (Fsp3) is 0.368. The van der Waals surface area contributed by atoms with E-state index < -0.39 is 0 Å². The van der Waals surface area contributed by atoms with Crippen LogP contribution in [0.25, 0.3) is 0 Å². The van der Waals surface area contributed by atoms with E-state index >= 15 is 0 Å². The van der Waals surface area contributed by atoms with Crippen molar-refractivity contribution in [3.63, 3.8) is 0 Å². The van der Waals surface area contributed by atoms with Crippen LogP contribution in [0, 0.1) is 5.92 Å². The highest BCUT2D eigenvalue weighted by molar-refractivity contribution is 9.10. The van der Waals surface area contributed by atoms with E-state index in [-0.39, 0.29) is 0 Å². The third-order valence-corrected chi connectivity index (χ3v) is 4.50. The van der Waals surface area contributed by atoms with Gasteiger partial charge in [0, 0.05) is 10.5 Å². The molecule has 0 aliphatic carbocycles. The zero-order valence-electron chi connectivity index (χ0n) is 13.1. The van der Waals surface area contributed by atoms with E-state index in [9.17, 15) is 0 Å². The molecule has 2 aromatic rings. The molecule has 0 saturated carbocycles. The lowest BCUT2D eigenvalue weighted by atomic mass is 9.95. The number of nitrogens with one attached hydrogen (secondary N) is 1. The molecule has 0 amide bonds. The number of likely N-dealkylation sites (N-methyl/N-ethyl adjacent to an activating group) is 1. The second-order valence-electron chi connectivity index (χ2n) is 5.98. The molecule has 2 rings (SSSR count). The summed E-state index contributed by atoms with van der Waals surface area (Å²) in [5, 5.41) is 3.45. The van der Waals surface area contributed by atoms with Gasteiger partial charge in [-0.25, -0.2) is 0 Å². The summed E-state index contributed by atoms with van der Waals surface area (Å²) < 4.78 is 1.18. The summed E-state index contributed by atoms with van der Waals surface area (Å²) >= 11 is 3.65. The average Bonchev–Trinajstić information content (AvgIpc) is 2.46. The van der Waals surface area contributed by atoms with E-state index in [4.69, 9.17) is 0 Å². The first-order chi connectivity index (χ1) is 10.1. The highest BCUT2D eigenvalue weighted by atomic mass is 79.9. The van der Waals surface area contributed by atoms with Gasteiger partial charge < -0.3 is 5.32 Å². The number of halogens is 1. The van der Waals surface area contributed by atoms with Crippen LogP contribution in [0.5, 0.6) is 0 Å². The summed E-state index contributed by atoms with van der Waals surface area (Å²) in [7, 11) is 2.04. The maximum Gasteiger partial charge on any atom is 0.0358 e. The van der Waals surface area contributed by atoms with Crippen molar-refractivity contribution in [3.05, 3.63) is 69.7 Å². The third-order valence-electron chi connectivity index (χ3n) is 3.73. The van der Waals surface area contributed by atoms with Crippen molar-refractivity contribution in [2.24, 2.45) is 5.92 Å². The Morgan fingerprint density at radius 3 is 2.43 bits per heavy atom. The highest BCUT2D eigenvalue weighted by Crippen LogP contribution is 2.24. The van der Waals surface area contributed by atoms with Crippen molar-refractivity contribution in [3.8, 4) is 0 Å². The maximum absolute atomic E-state index is 3.65. The topological polar surface area (TPSA) is 12.0 Å². The van der Waals surface area contributed by atoms with Crippen molar-refractivity contribution in [2.45, 2.75) is 32.7 Å². The molecule has 21 heavy (non-hydrogen) atoms. The van der Waals surface area contributed by atoms with E-state index in [0.29, 0.717) is 12.0 Å². The summed E-state index contributed by atoms with van der Waals surface area (Å²) in [6.45, 7) is 4.53. The number of rotatable bonds is 6. The van der Waals surface area contributed by atoms with Crippen LogP contribution >= 0.6 is 15.9 Å². The molecule has 1 N–H and O–H groups in total. The van der Waals surface area contributed by atoms with Crippen LogP contribution in [-0.2, 0) is 12.8 Å². The maximum atomic E-state index is 3.65. The molecule has 0 aliphatic heterocycles. The van der Waals surface area contributed by atoms with Gasteiger partial charge in [-0.05, 0) is 48.6 Å². The molecular formula is C19H24BrN. The van der Waals surface area contributed by atoms with Gasteiger partial charge in [0.05, 0.1) is 0 Å². The van der Waals surface area contributed by atoms with E-state index in [1.807, 2.05) is 7.05 Å². The van der Waals surface area contributed by atoms with Gasteiger partial charge in [0.2, 0.25) is 0 Å². The highest BCUT2D eigenvalue weighted by Gasteiger charge is 2.12. The van der Waals surface area contributed by atoms with Gasteiger partial charge in [-0.3, -0.25) is 0 Å². The van der Waals surface area contributed by atoms with Crippen LogP contribution in [0.1, 0.15) is 36.6 Å². The molecular weight excluding hydrogens is 322 g/mol. The molecule has 0 aromatic heterocycles. The molecule has 0 heterocycles. The van der Waals surface area contributed by atoms with Crippen LogP contribution in [0.3, 0.4) is 0 Å².